The summed E-state index contributed by atoms with van der Waals surface area (Å²) in [5.41, 5.74) is -0.334. The molecule has 6 nitrogen and oxygen atoms in total. The zero-order chi connectivity index (χ0) is 18.7. The largest absolute Gasteiger partial charge is 0.448 e. The van der Waals surface area contributed by atoms with E-state index < -0.39 is 12.1 Å². The van der Waals surface area contributed by atoms with E-state index in [2.05, 4.69) is 4.98 Å². The quantitative estimate of drug-likeness (QED) is 0.846. The molecule has 1 amide bonds. The zero-order valence-corrected chi connectivity index (χ0v) is 15.2. The predicted octanol–water partition coefficient (Wildman–Crippen LogP) is 2.72. The van der Waals surface area contributed by atoms with Crippen LogP contribution in [0.25, 0.3) is 10.8 Å². The molecule has 1 aromatic carbocycles. The third-order valence-corrected chi connectivity index (χ3v) is 3.97. The smallest absolute Gasteiger partial charge is 0.355 e. The lowest BCUT2D eigenvalue weighted by molar-refractivity contribution is -0.143. The molecule has 1 aromatic heterocycles. The summed E-state index contributed by atoms with van der Waals surface area (Å²) in [5, 5.41) is 1.14. The summed E-state index contributed by atoms with van der Waals surface area (Å²) in [7, 11) is 0. The van der Waals surface area contributed by atoms with Gasteiger partial charge in [0.2, 0.25) is 0 Å². The lowest BCUT2D eigenvalue weighted by Gasteiger charge is -2.32. The van der Waals surface area contributed by atoms with Crippen LogP contribution in [0.2, 0.25) is 0 Å². The molecule has 1 heterocycles. The average Bonchev–Trinajstić information content (AvgIpc) is 2.53. The maximum absolute atomic E-state index is 12.5. The fourth-order valence-corrected chi connectivity index (χ4v) is 2.91. The first-order chi connectivity index (χ1) is 11.7. The van der Waals surface area contributed by atoms with Crippen molar-refractivity contribution in [2.75, 3.05) is 0 Å². The Hall–Kier alpha value is -2.63. The second-order valence-corrected chi connectivity index (χ2v) is 6.58. The number of hydrogen-bond acceptors (Lipinski definition) is 4. The number of carbonyl (C=O) groups excluding carboxylic acids is 2. The number of amides is 1. The van der Waals surface area contributed by atoms with Gasteiger partial charge in [-0.25, -0.2) is 4.79 Å². The van der Waals surface area contributed by atoms with E-state index in [9.17, 15) is 14.4 Å². The molecule has 0 fully saturated rings. The average molecular weight is 344 g/mol. The fourth-order valence-electron chi connectivity index (χ4n) is 2.91. The Morgan fingerprint density at radius 3 is 2.24 bits per heavy atom. The van der Waals surface area contributed by atoms with Crippen LogP contribution in [-0.4, -0.2) is 39.9 Å². The third-order valence-electron chi connectivity index (χ3n) is 3.97. The van der Waals surface area contributed by atoms with Crippen LogP contribution in [0.1, 0.15) is 45.1 Å². The van der Waals surface area contributed by atoms with Gasteiger partial charge in [0, 0.05) is 17.5 Å². The van der Waals surface area contributed by atoms with Gasteiger partial charge in [-0.05, 0) is 52.1 Å². The number of pyridine rings is 1. The number of hydrogen-bond donors (Lipinski definition) is 1. The molecule has 0 bridgehead atoms. The van der Waals surface area contributed by atoms with Gasteiger partial charge in [0.1, 0.15) is 5.69 Å². The van der Waals surface area contributed by atoms with Crippen molar-refractivity contribution in [2.24, 2.45) is 0 Å². The minimum atomic E-state index is -0.938. The Kier molecular flexibility index (Phi) is 5.62. The third kappa shape index (κ3) is 4.07. The van der Waals surface area contributed by atoms with Crippen molar-refractivity contribution in [3.05, 3.63) is 46.4 Å². The van der Waals surface area contributed by atoms with Crippen molar-refractivity contribution in [1.29, 1.82) is 0 Å². The first-order valence-electron chi connectivity index (χ1n) is 8.37. The van der Waals surface area contributed by atoms with E-state index in [1.54, 1.807) is 35.2 Å². The molecule has 2 aromatic rings. The van der Waals surface area contributed by atoms with Gasteiger partial charge in [-0.3, -0.25) is 9.59 Å². The molecule has 25 heavy (non-hydrogen) atoms. The number of rotatable bonds is 5. The summed E-state index contributed by atoms with van der Waals surface area (Å²) in [5.74, 6) is -0.988. The molecule has 0 radical (unpaired) electrons. The van der Waals surface area contributed by atoms with Gasteiger partial charge in [-0.15, -0.1) is 0 Å². The number of aromatic nitrogens is 1. The van der Waals surface area contributed by atoms with Crippen LogP contribution >= 0.6 is 0 Å². The molecule has 2 rings (SSSR count). The summed E-state index contributed by atoms with van der Waals surface area (Å²) >= 11 is 0. The highest BCUT2D eigenvalue weighted by Crippen LogP contribution is 2.13. The van der Waals surface area contributed by atoms with Crippen LogP contribution < -0.4 is 5.56 Å². The number of esters is 1. The molecule has 0 aliphatic carbocycles. The normalized spacial score (nSPS) is 12.4. The summed E-state index contributed by atoms with van der Waals surface area (Å²) < 4.78 is 5.28. The van der Waals surface area contributed by atoms with Crippen molar-refractivity contribution >= 4 is 22.6 Å². The van der Waals surface area contributed by atoms with E-state index in [0.717, 1.165) is 0 Å². The van der Waals surface area contributed by atoms with Gasteiger partial charge in [0.25, 0.3) is 11.5 Å². The fraction of sp³-hybridized carbons (Fsp3) is 0.421. The monoisotopic (exact) mass is 344 g/mol. The Morgan fingerprint density at radius 2 is 1.64 bits per heavy atom. The van der Waals surface area contributed by atoms with E-state index in [4.69, 9.17) is 4.74 Å². The Labute approximate surface area is 146 Å². The molecular weight excluding hydrogens is 320 g/mol. The van der Waals surface area contributed by atoms with Crippen LogP contribution in [0.5, 0.6) is 0 Å². The number of benzene rings is 1. The first-order valence-corrected chi connectivity index (χ1v) is 8.37. The van der Waals surface area contributed by atoms with E-state index in [0.29, 0.717) is 10.8 Å². The summed E-state index contributed by atoms with van der Waals surface area (Å²) in [6.07, 6.45) is -0.938. The lowest BCUT2D eigenvalue weighted by atomic mass is 10.1. The van der Waals surface area contributed by atoms with Crippen molar-refractivity contribution < 1.29 is 14.3 Å². The first kappa shape index (κ1) is 18.7. The number of nitrogens with one attached hydrogen (secondary N) is 1. The number of fused-ring (bicyclic) bond motifs is 1. The van der Waals surface area contributed by atoms with Crippen molar-refractivity contribution in [3.8, 4) is 0 Å². The van der Waals surface area contributed by atoms with Crippen LogP contribution in [0, 0.1) is 0 Å². The van der Waals surface area contributed by atoms with Crippen molar-refractivity contribution in [1.82, 2.24) is 9.88 Å². The molecule has 1 atom stereocenters. The van der Waals surface area contributed by atoms with E-state index in [1.807, 2.05) is 27.7 Å². The van der Waals surface area contributed by atoms with Gasteiger partial charge in [0.05, 0.1) is 0 Å². The second kappa shape index (κ2) is 7.51. The second-order valence-electron chi connectivity index (χ2n) is 6.58. The van der Waals surface area contributed by atoms with Crippen LogP contribution in [0.15, 0.2) is 35.1 Å². The molecule has 134 valence electrons. The molecule has 0 aliphatic rings. The van der Waals surface area contributed by atoms with Crippen LogP contribution in [0.4, 0.5) is 0 Å². The molecule has 6 heteroatoms. The predicted molar refractivity (Wildman–Crippen MR) is 96.6 cm³/mol. The highest BCUT2D eigenvalue weighted by Gasteiger charge is 2.28. The standard InChI is InChI=1S/C19H24N2O4/c1-11(2)21(12(3)4)18(23)13(5)25-19(24)16-10-14-8-6-7-9-15(14)17(22)20-16/h6-13H,1-5H3,(H,20,22)/t13-/m0/s1. The Bertz CT molecular complexity index is 831. The molecule has 0 saturated carbocycles. The van der Waals surface area contributed by atoms with Gasteiger partial charge in [0.15, 0.2) is 6.10 Å². The van der Waals surface area contributed by atoms with Crippen LogP contribution in [-0.2, 0) is 9.53 Å². The van der Waals surface area contributed by atoms with Gasteiger partial charge < -0.3 is 14.6 Å². The number of aromatic amines is 1. The maximum Gasteiger partial charge on any atom is 0.355 e. The van der Waals surface area contributed by atoms with Gasteiger partial charge in [-0.1, -0.05) is 18.2 Å². The van der Waals surface area contributed by atoms with E-state index in [-0.39, 0.29) is 29.2 Å². The molecule has 0 spiro atoms. The topological polar surface area (TPSA) is 79.5 Å². The molecule has 1 N–H and O–H groups in total. The van der Waals surface area contributed by atoms with Crippen molar-refractivity contribution in [2.45, 2.75) is 52.8 Å². The van der Waals surface area contributed by atoms with Gasteiger partial charge in [-0.2, -0.15) is 0 Å². The number of H-pyrrole nitrogens is 1. The molecule has 0 saturated heterocycles. The lowest BCUT2D eigenvalue weighted by Crippen LogP contribution is -2.47. The number of nitrogens with zero attached hydrogens (tertiary/aromatic N) is 1. The summed E-state index contributed by atoms with van der Waals surface area (Å²) in [4.78, 5) is 41.2. The Balaban J connectivity index is 2.21. The Morgan fingerprint density at radius 1 is 1.04 bits per heavy atom. The van der Waals surface area contributed by atoms with Gasteiger partial charge >= 0.3 is 5.97 Å². The van der Waals surface area contributed by atoms with E-state index in [1.165, 1.54) is 6.92 Å². The van der Waals surface area contributed by atoms with E-state index >= 15 is 0 Å². The minimum absolute atomic E-state index is 0.00544. The molecule has 0 unspecified atom stereocenters. The highest BCUT2D eigenvalue weighted by molar-refractivity contribution is 5.94. The maximum atomic E-state index is 12.5. The summed E-state index contributed by atoms with van der Waals surface area (Å²) in [6, 6.07) is 8.50. The number of carbonyl (C=O) groups is 2. The summed E-state index contributed by atoms with van der Waals surface area (Å²) in [6.45, 7) is 9.18. The minimum Gasteiger partial charge on any atom is -0.448 e. The molecular formula is C19H24N2O4. The van der Waals surface area contributed by atoms with Crippen LogP contribution in [0.3, 0.4) is 0 Å². The van der Waals surface area contributed by atoms with Crippen molar-refractivity contribution in [3.63, 3.8) is 0 Å². The zero-order valence-electron chi connectivity index (χ0n) is 15.2. The molecule has 0 aliphatic heterocycles. The SMILES string of the molecule is CC(C)N(C(=O)[C@H](C)OC(=O)c1cc2ccccc2c(=O)[nH]1)C(C)C. The number of ether oxygens (including phenoxy) is 1. The highest BCUT2D eigenvalue weighted by atomic mass is 16.5.